The normalized spacial score (nSPS) is 19.8. The number of rotatable bonds is 8. The number of pyridine rings is 2. The molecule has 5 heterocycles. The molecule has 2 aliphatic rings. The van der Waals surface area contributed by atoms with Crippen LogP contribution in [0.5, 0.6) is 5.75 Å². The van der Waals surface area contributed by atoms with Gasteiger partial charge in [0, 0.05) is 31.4 Å². The number of ether oxygens (including phenoxy) is 1. The van der Waals surface area contributed by atoms with Gasteiger partial charge in [-0.15, -0.1) is 0 Å². The van der Waals surface area contributed by atoms with Gasteiger partial charge in [0.25, 0.3) is 5.91 Å². The molecule has 1 aliphatic carbocycles. The van der Waals surface area contributed by atoms with E-state index in [0.29, 0.717) is 57.4 Å². The van der Waals surface area contributed by atoms with Crippen molar-refractivity contribution in [2.24, 2.45) is 17.8 Å². The van der Waals surface area contributed by atoms with E-state index in [4.69, 9.17) is 16.3 Å². The highest BCUT2D eigenvalue weighted by molar-refractivity contribution is 6.33. The molecule has 204 valence electrons. The summed E-state index contributed by atoms with van der Waals surface area (Å²) in [5, 5.41) is 27.3. The lowest BCUT2D eigenvalue weighted by molar-refractivity contribution is 0.0283. The summed E-state index contributed by atoms with van der Waals surface area (Å²) in [5.41, 5.74) is 1.51. The summed E-state index contributed by atoms with van der Waals surface area (Å²) in [6.45, 7) is 5.70. The number of amides is 1. The molecule has 0 bridgehead atoms. The number of hydrogen-bond donors (Lipinski definition) is 2. The van der Waals surface area contributed by atoms with Crippen molar-refractivity contribution in [2.45, 2.75) is 19.4 Å². The second-order valence-electron chi connectivity index (χ2n) is 10.9. The Morgan fingerprint density at radius 2 is 2.05 bits per heavy atom. The van der Waals surface area contributed by atoms with Crippen LogP contribution in [0.25, 0.3) is 16.8 Å². The predicted octanol–water partition coefficient (Wildman–Crippen LogP) is 2.97. The summed E-state index contributed by atoms with van der Waals surface area (Å²) < 4.78 is 7.38. The second kappa shape index (κ2) is 10.0. The molecule has 4 aromatic rings. The van der Waals surface area contributed by atoms with Crippen molar-refractivity contribution in [3.05, 3.63) is 65.5 Å². The average Bonchev–Trinajstić information content (AvgIpc) is 3.25. The van der Waals surface area contributed by atoms with Gasteiger partial charge in [0.15, 0.2) is 0 Å². The largest absolute Gasteiger partial charge is 0.489 e. The average molecular weight is 559 g/mol. The minimum Gasteiger partial charge on any atom is -0.489 e. The lowest BCUT2D eigenvalue weighted by Crippen LogP contribution is -2.31. The van der Waals surface area contributed by atoms with E-state index in [1.54, 1.807) is 61.3 Å². The van der Waals surface area contributed by atoms with Gasteiger partial charge in [0.2, 0.25) is 0 Å². The number of carbonyl (C=O) groups is 1. The Hall–Kier alpha value is -4.27. The number of anilines is 1. The van der Waals surface area contributed by atoms with Crippen LogP contribution in [0, 0.1) is 29.1 Å². The van der Waals surface area contributed by atoms with Crippen LogP contribution in [0.1, 0.15) is 29.9 Å². The SMILES string of the molecule is CC(C)(O)COc1cc(-c2cnc(N3C[C@@H]4C(CNC(=O)c5ncccc5Cl)[C@@H]4C3)cn2)c2c(C#N)cnn2c1. The highest BCUT2D eigenvalue weighted by atomic mass is 35.5. The fraction of sp³-hybridized carbons (Fsp3) is 0.357. The second-order valence-corrected chi connectivity index (χ2v) is 11.3. The van der Waals surface area contributed by atoms with Gasteiger partial charge >= 0.3 is 0 Å². The molecule has 1 aliphatic heterocycles. The first-order valence-electron chi connectivity index (χ1n) is 12.9. The van der Waals surface area contributed by atoms with E-state index in [9.17, 15) is 15.2 Å². The van der Waals surface area contributed by atoms with Crippen molar-refractivity contribution in [3.8, 4) is 23.1 Å². The molecule has 2 fully saturated rings. The molecule has 2 N–H and O–H groups in total. The Morgan fingerprint density at radius 3 is 2.73 bits per heavy atom. The molecule has 1 unspecified atom stereocenters. The summed E-state index contributed by atoms with van der Waals surface area (Å²) in [5.74, 6) is 2.39. The van der Waals surface area contributed by atoms with Crippen molar-refractivity contribution < 1.29 is 14.6 Å². The molecule has 0 radical (unpaired) electrons. The van der Waals surface area contributed by atoms with Crippen molar-refractivity contribution in [1.82, 2.24) is 29.9 Å². The Morgan fingerprint density at radius 1 is 1.25 bits per heavy atom. The van der Waals surface area contributed by atoms with Crippen LogP contribution >= 0.6 is 11.6 Å². The maximum absolute atomic E-state index is 12.4. The first-order valence-corrected chi connectivity index (χ1v) is 13.3. The molecule has 1 saturated carbocycles. The molecular formula is C28H27ClN8O3. The number of aromatic nitrogens is 5. The summed E-state index contributed by atoms with van der Waals surface area (Å²) in [6.07, 6.45) is 8.16. The summed E-state index contributed by atoms with van der Waals surface area (Å²) >= 11 is 6.08. The number of nitriles is 1. The van der Waals surface area contributed by atoms with E-state index in [2.05, 4.69) is 36.3 Å². The zero-order valence-electron chi connectivity index (χ0n) is 22.0. The molecule has 6 rings (SSSR count). The van der Waals surface area contributed by atoms with Crippen LogP contribution in [0.2, 0.25) is 5.02 Å². The van der Waals surface area contributed by atoms with Crippen LogP contribution in [0.4, 0.5) is 5.82 Å². The molecule has 4 aromatic heterocycles. The third-order valence-electron chi connectivity index (χ3n) is 7.38. The van der Waals surface area contributed by atoms with Crippen LogP contribution in [0.15, 0.2) is 49.2 Å². The lowest BCUT2D eigenvalue weighted by Gasteiger charge is -2.21. The highest BCUT2D eigenvalue weighted by Crippen LogP contribution is 2.52. The first kappa shape index (κ1) is 26.0. The van der Waals surface area contributed by atoms with Gasteiger partial charge in [0.1, 0.15) is 29.9 Å². The zero-order chi connectivity index (χ0) is 28.0. The summed E-state index contributed by atoms with van der Waals surface area (Å²) in [4.78, 5) is 28.1. The maximum atomic E-state index is 12.4. The Bertz CT molecular complexity index is 1610. The van der Waals surface area contributed by atoms with E-state index in [1.807, 2.05) is 0 Å². The van der Waals surface area contributed by atoms with Crippen molar-refractivity contribution in [2.75, 3.05) is 31.1 Å². The van der Waals surface area contributed by atoms with E-state index in [1.165, 1.54) is 6.20 Å². The van der Waals surface area contributed by atoms with Gasteiger partial charge in [-0.05, 0) is 49.8 Å². The molecule has 3 atom stereocenters. The van der Waals surface area contributed by atoms with E-state index in [-0.39, 0.29) is 18.2 Å². The summed E-state index contributed by atoms with van der Waals surface area (Å²) in [7, 11) is 0. The first-order chi connectivity index (χ1) is 19.2. The topological polar surface area (TPSA) is 142 Å². The maximum Gasteiger partial charge on any atom is 0.271 e. The molecule has 1 saturated heterocycles. The number of nitrogens with one attached hydrogen (secondary N) is 1. The molecule has 0 spiro atoms. The van der Waals surface area contributed by atoms with Crippen LogP contribution < -0.4 is 15.0 Å². The minimum absolute atomic E-state index is 0.0911. The van der Waals surface area contributed by atoms with Crippen LogP contribution in [-0.2, 0) is 0 Å². The van der Waals surface area contributed by atoms with Gasteiger partial charge < -0.3 is 20.1 Å². The van der Waals surface area contributed by atoms with E-state index < -0.39 is 5.60 Å². The fourth-order valence-corrected chi connectivity index (χ4v) is 5.53. The van der Waals surface area contributed by atoms with Gasteiger partial charge in [-0.3, -0.25) is 9.78 Å². The third kappa shape index (κ3) is 5.03. The van der Waals surface area contributed by atoms with Gasteiger partial charge in [-0.25, -0.2) is 14.5 Å². The predicted molar refractivity (Wildman–Crippen MR) is 147 cm³/mol. The van der Waals surface area contributed by atoms with Gasteiger partial charge in [0.05, 0.1) is 52.2 Å². The number of fused-ring (bicyclic) bond motifs is 2. The Balaban J connectivity index is 1.13. The smallest absolute Gasteiger partial charge is 0.271 e. The Labute approximate surface area is 235 Å². The third-order valence-corrected chi connectivity index (χ3v) is 7.69. The monoisotopic (exact) mass is 558 g/mol. The zero-order valence-corrected chi connectivity index (χ0v) is 22.7. The van der Waals surface area contributed by atoms with Gasteiger partial charge in [-0.2, -0.15) is 10.4 Å². The number of carbonyl (C=O) groups excluding carboxylic acids is 1. The number of hydrogen-bond acceptors (Lipinski definition) is 9. The van der Waals surface area contributed by atoms with Crippen LogP contribution in [-0.4, -0.2) is 67.4 Å². The lowest BCUT2D eigenvalue weighted by atomic mass is 10.1. The number of nitrogens with zero attached hydrogens (tertiary/aromatic N) is 7. The molecule has 12 heteroatoms. The molecule has 11 nitrogen and oxygen atoms in total. The van der Waals surface area contributed by atoms with E-state index in [0.717, 1.165) is 18.9 Å². The van der Waals surface area contributed by atoms with Crippen molar-refractivity contribution in [3.63, 3.8) is 0 Å². The number of aliphatic hydroxyl groups is 1. The molecule has 0 aromatic carbocycles. The fourth-order valence-electron chi connectivity index (χ4n) is 5.32. The highest BCUT2D eigenvalue weighted by Gasteiger charge is 2.55. The minimum atomic E-state index is -1.01. The molecule has 1 amide bonds. The van der Waals surface area contributed by atoms with E-state index >= 15 is 0 Å². The quantitative estimate of drug-likeness (QED) is 0.334. The van der Waals surface area contributed by atoms with Crippen molar-refractivity contribution in [1.29, 1.82) is 5.26 Å². The Kier molecular flexibility index (Phi) is 6.52. The van der Waals surface area contributed by atoms with Crippen LogP contribution in [0.3, 0.4) is 0 Å². The molecular weight excluding hydrogens is 532 g/mol. The number of piperidine rings is 1. The standard InChI is InChI=1S/C28H27ClN8O3/c1-28(2,39)15-40-17-6-18(26-16(7-30)8-35-37(26)12-17)23-10-33-24(11-32-23)36-13-20-19(21(20)14-36)9-34-27(38)25-22(29)4-3-5-31-25/h3-6,8,10-12,19-21,39H,9,13-15H2,1-2H3,(H,34,38)/t19?,20-,21+. The molecule has 40 heavy (non-hydrogen) atoms. The van der Waals surface area contributed by atoms with Crippen molar-refractivity contribution >= 4 is 28.8 Å². The number of halogens is 1. The summed E-state index contributed by atoms with van der Waals surface area (Å²) in [6, 6.07) is 7.32. The van der Waals surface area contributed by atoms with Gasteiger partial charge in [-0.1, -0.05) is 11.6 Å².